The molecule has 2 N–H and O–H groups in total. The van der Waals surface area contributed by atoms with Crippen LogP contribution in [0, 0.1) is 0 Å². The van der Waals surface area contributed by atoms with Crippen LogP contribution in [0.2, 0.25) is 0 Å². The molecule has 3 aromatic carbocycles. The van der Waals surface area contributed by atoms with Crippen LogP contribution in [0.3, 0.4) is 0 Å². The second kappa shape index (κ2) is 11.8. The van der Waals surface area contributed by atoms with E-state index in [4.69, 9.17) is 0 Å². The fraction of sp³-hybridized carbons (Fsp3) is 0.111. The molecule has 0 aliphatic carbocycles. The summed E-state index contributed by atoms with van der Waals surface area (Å²) in [7, 11) is 0. The van der Waals surface area contributed by atoms with Crippen molar-refractivity contribution in [2.45, 2.75) is 4.75 Å². The first kappa shape index (κ1) is 24.7. The van der Waals surface area contributed by atoms with Crippen LogP contribution in [0.15, 0.2) is 109 Å². The van der Waals surface area contributed by atoms with E-state index in [0.29, 0.717) is 12.4 Å². The third-order valence-corrected chi connectivity index (χ3v) is 6.84. The second-order valence-electron chi connectivity index (χ2n) is 7.26. The summed E-state index contributed by atoms with van der Waals surface area (Å²) in [5.41, 5.74) is 3.78. The van der Waals surface area contributed by atoms with Crippen molar-refractivity contribution in [2.24, 2.45) is 0 Å². The van der Waals surface area contributed by atoms with E-state index in [-0.39, 0.29) is 24.4 Å². The molecule has 0 saturated carbocycles. The van der Waals surface area contributed by atoms with Gasteiger partial charge in [0.1, 0.15) is 11.4 Å². The molecule has 1 aromatic heterocycles. The maximum absolute atomic E-state index is 11.5. The van der Waals surface area contributed by atoms with Crippen molar-refractivity contribution < 1.29 is 9.90 Å². The summed E-state index contributed by atoms with van der Waals surface area (Å²) in [6.07, 6.45) is 1.60. The Kier molecular flexibility index (Phi) is 8.79. The van der Waals surface area contributed by atoms with E-state index in [9.17, 15) is 9.90 Å². The molecule has 33 heavy (non-hydrogen) atoms. The number of nitrogens with one attached hydrogen (secondary N) is 1. The monoisotopic (exact) mass is 448 g/mol. The van der Waals surface area contributed by atoms with Crippen LogP contribution >= 0.6 is 11.8 Å². The Morgan fingerprint density at radius 2 is 1.27 bits per heavy atom. The number of hydrogen-bond donors (Lipinski definition) is 2. The molecule has 0 fully saturated rings. The maximum atomic E-state index is 11.5. The summed E-state index contributed by atoms with van der Waals surface area (Å²) in [6.45, 7) is 0.580. The fourth-order valence-corrected chi connectivity index (χ4v) is 5.28. The molecule has 0 aliphatic rings. The Balaban J connectivity index is 0.00000306. The molecule has 0 spiro atoms. The minimum absolute atomic E-state index is 0. The zero-order valence-corrected chi connectivity index (χ0v) is 18.3. The number of nitrogens with zero attached hydrogens (tertiary/aromatic N) is 1. The van der Waals surface area contributed by atoms with E-state index in [1.165, 1.54) is 16.7 Å². The average molecular weight is 449 g/mol. The molecule has 0 saturated heterocycles. The summed E-state index contributed by atoms with van der Waals surface area (Å²) >= 11 is 1.82. The van der Waals surface area contributed by atoms with E-state index in [1.54, 1.807) is 18.3 Å². The number of hydrogen-bond acceptors (Lipinski definition) is 4. The van der Waals surface area contributed by atoms with Gasteiger partial charge in [0.15, 0.2) is 0 Å². The molecule has 0 amide bonds. The molecule has 0 bridgehead atoms. The number of rotatable bonds is 9. The first-order valence-electron chi connectivity index (χ1n) is 10.4. The van der Waals surface area contributed by atoms with Crippen LogP contribution in [0.1, 0.15) is 27.0 Å². The zero-order chi connectivity index (χ0) is 22.2. The van der Waals surface area contributed by atoms with Crippen molar-refractivity contribution in [1.82, 2.24) is 4.98 Å². The number of aromatic nitrogens is 1. The van der Waals surface area contributed by atoms with Crippen LogP contribution in [0.5, 0.6) is 0 Å². The normalized spacial score (nSPS) is 10.8. The van der Waals surface area contributed by atoms with Crippen LogP contribution < -0.4 is 5.32 Å². The van der Waals surface area contributed by atoms with Crippen LogP contribution in [0.4, 0.5) is 5.82 Å². The van der Waals surface area contributed by atoms with Gasteiger partial charge in [0.2, 0.25) is 0 Å². The topological polar surface area (TPSA) is 62.2 Å². The number of pyridine rings is 1. The van der Waals surface area contributed by atoms with E-state index in [1.807, 2.05) is 30.0 Å². The number of carboxylic acids is 1. The van der Waals surface area contributed by atoms with E-state index in [2.05, 4.69) is 83.1 Å². The molecule has 4 nitrogen and oxygen atoms in total. The molecule has 0 unspecified atom stereocenters. The van der Waals surface area contributed by atoms with Crippen molar-refractivity contribution in [1.29, 1.82) is 0 Å². The molecule has 0 atom stereocenters. The molecule has 4 rings (SSSR count). The van der Waals surface area contributed by atoms with E-state index >= 15 is 0 Å². The van der Waals surface area contributed by atoms with Gasteiger partial charge in [-0.2, -0.15) is 0 Å². The predicted molar refractivity (Wildman–Crippen MR) is 139 cm³/mol. The van der Waals surface area contributed by atoms with Crippen molar-refractivity contribution in [2.75, 3.05) is 17.6 Å². The Bertz CT molecular complexity index is 1060. The van der Waals surface area contributed by atoms with Crippen molar-refractivity contribution in [3.8, 4) is 0 Å². The van der Waals surface area contributed by atoms with Gasteiger partial charge in [-0.1, -0.05) is 91.0 Å². The van der Waals surface area contributed by atoms with Gasteiger partial charge in [-0.15, -0.1) is 11.8 Å². The average Bonchev–Trinajstić information content (AvgIpc) is 2.86. The molecule has 1 heterocycles. The summed E-state index contributed by atoms with van der Waals surface area (Å²) in [5.74, 6) is 0.153. The van der Waals surface area contributed by atoms with Gasteiger partial charge in [0, 0.05) is 18.5 Å². The first-order chi connectivity index (χ1) is 15.7. The molecule has 162 valence electrons. The van der Waals surface area contributed by atoms with Crippen molar-refractivity contribution in [3.63, 3.8) is 0 Å². The Morgan fingerprint density at radius 1 is 0.788 bits per heavy atom. The summed E-state index contributed by atoms with van der Waals surface area (Å²) < 4.78 is -0.398. The predicted octanol–water partition coefficient (Wildman–Crippen LogP) is 5.27. The van der Waals surface area contributed by atoms with Gasteiger partial charge in [-0.05, 0) is 28.8 Å². The third kappa shape index (κ3) is 5.51. The number of carbonyl (C=O) groups is 1. The number of anilines is 1. The van der Waals surface area contributed by atoms with Gasteiger partial charge >= 0.3 is 24.8 Å². The molecule has 0 aliphatic heterocycles. The van der Waals surface area contributed by atoms with Gasteiger partial charge in [0.25, 0.3) is 0 Å². The summed E-state index contributed by atoms with van der Waals surface area (Å²) in [4.78, 5) is 15.7. The van der Waals surface area contributed by atoms with Gasteiger partial charge < -0.3 is 10.4 Å². The van der Waals surface area contributed by atoms with Gasteiger partial charge in [0.05, 0.1) is 4.75 Å². The molecule has 0 radical (unpaired) electrons. The fourth-order valence-electron chi connectivity index (χ4n) is 3.86. The van der Waals surface area contributed by atoms with Crippen LogP contribution in [-0.4, -0.2) is 47.2 Å². The van der Waals surface area contributed by atoms with E-state index < -0.39 is 10.7 Å². The zero-order valence-electron chi connectivity index (χ0n) is 17.5. The summed E-state index contributed by atoms with van der Waals surface area (Å²) in [5, 5.41) is 12.6. The third-order valence-electron chi connectivity index (χ3n) is 5.29. The molecule has 4 aromatic rings. The number of benzene rings is 3. The Hall–Kier alpha value is -2.97. The standard InChI is InChI=1S/C27H24N2O2S.Li.H/c30-26(31)24-17-10-18-28-25(24)29-19-20-32-27(21-11-4-1-5-12-21,22-13-6-2-7-14-22)23-15-8-3-9-16-23;;/h1-18H,19-20H2,(H,28,29)(H,30,31);;. The second-order valence-corrected chi connectivity index (χ2v) is 8.57. The molecule has 6 heteroatoms. The van der Waals surface area contributed by atoms with Crippen molar-refractivity contribution >= 4 is 42.4 Å². The Morgan fingerprint density at radius 3 is 1.73 bits per heavy atom. The van der Waals surface area contributed by atoms with Crippen molar-refractivity contribution in [3.05, 3.63) is 132 Å². The SMILES string of the molecule is O=C(O)c1cccnc1NCCSC(c1ccccc1)(c1ccccc1)c1ccccc1.[LiH]. The quantitative estimate of drug-likeness (QED) is 0.208. The number of aromatic carboxylic acids is 1. The summed E-state index contributed by atoms with van der Waals surface area (Å²) in [6, 6.07) is 34.7. The minimum atomic E-state index is -0.986. The number of thioether (sulfide) groups is 1. The van der Waals surface area contributed by atoms with Crippen LogP contribution in [0.25, 0.3) is 0 Å². The molecular formula is C27H25LiN2O2S. The Labute approximate surface area is 210 Å². The molecular weight excluding hydrogens is 423 g/mol. The van der Waals surface area contributed by atoms with E-state index in [0.717, 1.165) is 5.75 Å². The number of carboxylic acid groups (broad SMARTS) is 1. The first-order valence-corrected chi connectivity index (χ1v) is 11.4. The van der Waals surface area contributed by atoms with Gasteiger partial charge in [-0.3, -0.25) is 0 Å². The van der Waals surface area contributed by atoms with Gasteiger partial charge in [-0.25, -0.2) is 9.78 Å². The van der Waals surface area contributed by atoms with Crippen LogP contribution in [-0.2, 0) is 4.75 Å².